The first-order valence-corrected chi connectivity index (χ1v) is 26.5. The molecule has 0 radical (unpaired) electrons. The molecule has 0 heterocycles. The minimum Gasteiger partial charge on any atom is -0.462 e. The molecule has 0 aliphatic carbocycles. The van der Waals surface area contributed by atoms with Crippen molar-refractivity contribution in [2.24, 2.45) is 5.11 Å². The number of rotatable bonds is 45. The van der Waals surface area contributed by atoms with Crippen molar-refractivity contribution in [3.63, 3.8) is 0 Å². The first-order valence-electron chi connectivity index (χ1n) is 25.0. The zero-order valence-corrected chi connectivity index (χ0v) is 40.7. The molecule has 0 fully saturated rings. The van der Waals surface area contributed by atoms with Gasteiger partial charge in [-0.15, -0.1) is 0 Å². The second-order valence-corrected chi connectivity index (χ2v) is 18.7. The molecule has 2 N–H and O–H groups in total. The van der Waals surface area contributed by atoms with Crippen LogP contribution in [0.3, 0.4) is 0 Å². The van der Waals surface area contributed by atoms with Gasteiger partial charge in [0.15, 0.2) is 29.4 Å². The topological polar surface area (TPSA) is 169 Å². The molecule has 0 saturated heterocycles. The second-order valence-electron chi connectivity index (χ2n) is 17.2. The Kier molecular flexibility index (Phi) is 37.4. The third-order valence-electron chi connectivity index (χ3n) is 11.4. The van der Waals surface area contributed by atoms with E-state index in [0.717, 1.165) is 44.9 Å². The van der Waals surface area contributed by atoms with E-state index in [4.69, 9.17) is 24.1 Å². The molecule has 0 amide bonds. The summed E-state index contributed by atoms with van der Waals surface area (Å²) >= 11 is 0. The third kappa shape index (κ3) is 31.8. The minimum absolute atomic E-state index is 0.115. The van der Waals surface area contributed by atoms with Gasteiger partial charge in [-0.2, -0.15) is 0 Å². The van der Waals surface area contributed by atoms with Gasteiger partial charge in [-0.25, -0.2) is 22.1 Å². The average Bonchev–Trinajstić information content (AvgIpc) is 3.28. The van der Waals surface area contributed by atoms with E-state index in [1.807, 2.05) is 0 Å². The van der Waals surface area contributed by atoms with Crippen molar-refractivity contribution in [1.29, 1.82) is 0 Å². The van der Waals surface area contributed by atoms with Crippen molar-refractivity contribution in [3.05, 3.63) is 39.3 Å². The summed E-state index contributed by atoms with van der Waals surface area (Å²) in [6, 6.07) is 0. The number of esters is 2. The maximum Gasteiger partial charge on any atom is 0.472 e. The third-order valence-corrected chi connectivity index (χ3v) is 12.4. The van der Waals surface area contributed by atoms with Crippen LogP contribution in [0, 0.1) is 23.3 Å². The number of nitrogens with one attached hydrogen (secondary N) is 1. The highest BCUT2D eigenvalue weighted by Gasteiger charge is 2.27. The van der Waals surface area contributed by atoms with Gasteiger partial charge in [0.05, 0.1) is 13.2 Å². The van der Waals surface area contributed by atoms with Crippen LogP contribution in [0.4, 0.5) is 23.2 Å². The lowest BCUT2D eigenvalue weighted by Gasteiger charge is -2.20. The van der Waals surface area contributed by atoms with Crippen LogP contribution in [0.25, 0.3) is 10.4 Å². The second kappa shape index (κ2) is 40.3. The van der Waals surface area contributed by atoms with Gasteiger partial charge in [0, 0.05) is 36.4 Å². The van der Waals surface area contributed by atoms with E-state index in [1.54, 1.807) is 0 Å². The largest absolute Gasteiger partial charge is 0.472 e. The highest BCUT2D eigenvalue weighted by Crippen LogP contribution is 2.43. The van der Waals surface area contributed by atoms with Gasteiger partial charge in [0.25, 0.3) is 0 Å². The lowest BCUT2D eigenvalue weighted by molar-refractivity contribution is -0.161. The molecule has 2 unspecified atom stereocenters. The molecule has 0 bridgehead atoms. The minimum atomic E-state index is -4.78. The summed E-state index contributed by atoms with van der Waals surface area (Å²) in [5.74, 6) is -8.34. The van der Waals surface area contributed by atoms with Gasteiger partial charge in [-0.05, 0) is 18.4 Å². The maximum atomic E-state index is 14.3. The van der Waals surface area contributed by atoms with Crippen molar-refractivity contribution < 1.29 is 55.1 Å². The van der Waals surface area contributed by atoms with Gasteiger partial charge in [-0.3, -0.25) is 18.6 Å². The van der Waals surface area contributed by atoms with Crippen LogP contribution >= 0.6 is 7.82 Å². The van der Waals surface area contributed by atoms with Crippen LogP contribution < -0.4 is 5.32 Å². The lowest BCUT2D eigenvalue weighted by Crippen LogP contribution is -2.29. The first-order chi connectivity index (χ1) is 31.5. The van der Waals surface area contributed by atoms with Gasteiger partial charge in [0.2, 0.25) is 0 Å². The lowest BCUT2D eigenvalue weighted by atomic mass is 10.0. The van der Waals surface area contributed by atoms with E-state index < -0.39 is 86.8 Å². The summed E-state index contributed by atoms with van der Waals surface area (Å²) in [5, 5.41) is 5.07. The van der Waals surface area contributed by atoms with Crippen LogP contribution in [0.2, 0.25) is 0 Å². The summed E-state index contributed by atoms with van der Waals surface area (Å²) in [4.78, 5) is 37.8. The van der Waals surface area contributed by atoms with E-state index in [2.05, 4.69) is 29.2 Å². The van der Waals surface area contributed by atoms with Crippen molar-refractivity contribution in [1.82, 2.24) is 5.32 Å². The predicted octanol–water partition coefficient (Wildman–Crippen LogP) is 15.4. The molecule has 65 heavy (non-hydrogen) atoms. The molecule has 376 valence electrons. The summed E-state index contributed by atoms with van der Waals surface area (Å²) < 4.78 is 90.2. The number of phosphoric acid groups is 1. The van der Waals surface area contributed by atoms with E-state index in [1.165, 1.54) is 135 Å². The van der Waals surface area contributed by atoms with Gasteiger partial charge in [-0.1, -0.05) is 199 Å². The monoisotopic (exact) mass is 951 g/mol. The van der Waals surface area contributed by atoms with Gasteiger partial charge < -0.3 is 19.7 Å². The van der Waals surface area contributed by atoms with Crippen LogP contribution in [-0.4, -0.2) is 49.3 Å². The summed E-state index contributed by atoms with van der Waals surface area (Å²) in [6.07, 6.45) is 34.8. The first kappa shape index (κ1) is 60.3. The Balaban J connectivity index is 2.48. The predicted molar refractivity (Wildman–Crippen MR) is 248 cm³/mol. The normalized spacial score (nSPS) is 12.8. The van der Waals surface area contributed by atoms with Crippen molar-refractivity contribution in [2.75, 3.05) is 26.4 Å². The molecule has 1 rings (SSSR count). The fraction of sp³-hybridized carbons (Fsp3) is 0.833. The van der Waals surface area contributed by atoms with Crippen LogP contribution in [0.1, 0.15) is 225 Å². The highest BCUT2D eigenvalue weighted by molar-refractivity contribution is 7.47. The fourth-order valence-electron chi connectivity index (χ4n) is 7.51. The standard InChI is InChI=1S/C48H83F4N4O8P/c1-3-5-7-9-11-13-15-17-19-21-23-25-27-29-31-33-42(57)61-38-40(64-43(58)34-32-30-28-26-24-22-20-18-16-14-12-10-8-6-4-2)39-63-65(59,60)62-36-35-54-37-41-44(49)46(51)48(55-56-53)47(52)45(41)50/h40,54H,3-39H2,1-2H3,(H,59,60). The molecule has 0 aliphatic heterocycles. The molecule has 0 aromatic heterocycles. The SMILES string of the molecule is CCCCCCCCCCCCCCCCCC(=O)OCC(COP(=O)(O)OCCNCc1c(F)c(F)c(N=[N+]=[N-])c(F)c1F)OC(=O)CCCCCCCCCCCCCCCCC. The molecule has 17 heteroatoms. The number of benzene rings is 1. The zero-order valence-electron chi connectivity index (χ0n) is 39.8. The van der Waals surface area contributed by atoms with E-state index in [0.29, 0.717) is 12.8 Å². The molecule has 12 nitrogen and oxygen atoms in total. The smallest absolute Gasteiger partial charge is 0.462 e. The molecular weight excluding hydrogens is 868 g/mol. The number of phosphoric ester groups is 1. The molecular formula is C48H83F4N4O8P. The van der Waals surface area contributed by atoms with Crippen LogP contribution in [0.5, 0.6) is 0 Å². The Morgan fingerprint density at radius 2 is 0.985 bits per heavy atom. The molecule has 0 aliphatic rings. The maximum absolute atomic E-state index is 14.3. The van der Waals surface area contributed by atoms with Gasteiger partial charge >= 0.3 is 19.8 Å². The number of nitrogens with zero attached hydrogens (tertiary/aromatic N) is 3. The molecule has 1 aromatic rings. The number of carbonyl (C=O) groups is 2. The van der Waals surface area contributed by atoms with Gasteiger partial charge in [0.1, 0.15) is 12.3 Å². The Bertz CT molecular complexity index is 1480. The van der Waals surface area contributed by atoms with Crippen molar-refractivity contribution in [3.8, 4) is 0 Å². The number of hydrogen-bond acceptors (Lipinski definition) is 9. The quantitative estimate of drug-likeness (QED) is 0.00944. The Morgan fingerprint density at radius 3 is 1.38 bits per heavy atom. The summed E-state index contributed by atoms with van der Waals surface area (Å²) in [5.41, 5.74) is 5.93. The number of azide groups is 1. The Labute approximate surface area is 387 Å². The number of halogens is 4. The number of carbonyl (C=O) groups excluding carboxylic acids is 2. The highest BCUT2D eigenvalue weighted by atomic mass is 31.2. The van der Waals surface area contributed by atoms with E-state index in [9.17, 15) is 36.6 Å². The molecule has 0 saturated carbocycles. The summed E-state index contributed by atoms with van der Waals surface area (Å²) in [7, 11) is -4.78. The molecule has 1 aromatic carbocycles. The van der Waals surface area contributed by atoms with E-state index in [-0.39, 0.29) is 19.4 Å². The molecule has 0 spiro atoms. The Hall–Kier alpha value is -2.74. The van der Waals surface area contributed by atoms with E-state index >= 15 is 0 Å². The number of ether oxygens (including phenoxy) is 2. The fourth-order valence-corrected chi connectivity index (χ4v) is 8.27. The molecule has 2 atom stereocenters. The average molecular weight is 951 g/mol. The van der Waals surface area contributed by atoms with Crippen molar-refractivity contribution in [2.45, 2.75) is 232 Å². The number of hydrogen-bond donors (Lipinski definition) is 2. The Morgan fingerprint density at radius 1 is 0.600 bits per heavy atom. The zero-order chi connectivity index (χ0) is 47.8. The number of unbranched alkanes of at least 4 members (excludes halogenated alkanes) is 28. The summed E-state index contributed by atoms with van der Waals surface area (Å²) in [6.45, 7) is 1.83. The van der Waals surface area contributed by atoms with Crippen LogP contribution in [-0.2, 0) is 39.2 Å². The van der Waals surface area contributed by atoms with Crippen molar-refractivity contribution >= 4 is 25.4 Å². The van der Waals surface area contributed by atoms with Crippen LogP contribution in [0.15, 0.2) is 5.11 Å².